The van der Waals surface area contributed by atoms with Crippen LogP contribution in [0.5, 0.6) is 0 Å². The van der Waals surface area contributed by atoms with Crippen LogP contribution in [0.15, 0.2) is 48.7 Å². The Morgan fingerprint density at radius 1 is 1.28 bits per heavy atom. The zero-order valence-corrected chi connectivity index (χ0v) is 14.5. The van der Waals surface area contributed by atoms with Crippen LogP contribution < -0.4 is 10.6 Å². The van der Waals surface area contributed by atoms with Crippen molar-refractivity contribution >= 4 is 50.6 Å². The number of benzene rings is 2. The van der Waals surface area contributed by atoms with Crippen molar-refractivity contribution in [2.24, 2.45) is 0 Å². The van der Waals surface area contributed by atoms with Gasteiger partial charge in [-0.25, -0.2) is 4.39 Å². The summed E-state index contributed by atoms with van der Waals surface area (Å²) in [6.45, 7) is 0. The topological polar surface area (TPSA) is 74.2 Å². The van der Waals surface area contributed by atoms with Crippen molar-refractivity contribution in [3.05, 3.63) is 60.0 Å². The Balaban J connectivity index is 1.72. The van der Waals surface area contributed by atoms with E-state index in [9.17, 15) is 9.18 Å². The molecule has 3 aromatic rings. The Morgan fingerprint density at radius 2 is 2.04 bits per heavy atom. The SMILES string of the molecule is O=C(O)C[C@H](NC(=S)Nc1ccc2sncc2c1)c1ccc(F)cc1. The van der Waals surface area contributed by atoms with E-state index in [1.807, 2.05) is 18.2 Å². The van der Waals surface area contributed by atoms with Gasteiger partial charge in [0.15, 0.2) is 5.11 Å². The molecule has 1 heterocycles. The van der Waals surface area contributed by atoms with Crippen LogP contribution in [0.2, 0.25) is 0 Å². The maximum absolute atomic E-state index is 13.1. The van der Waals surface area contributed by atoms with Gasteiger partial charge in [0, 0.05) is 17.3 Å². The monoisotopic (exact) mass is 375 g/mol. The molecular weight excluding hydrogens is 361 g/mol. The Labute approximate surface area is 152 Å². The summed E-state index contributed by atoms with van der Waals surface area (Å²) < 4.78 is 18.3. The van der Waals surface area contributed by atoms with Gasteiger partial charge in [0.1, 0.15) is 5.82 Å². The highest BCUT2D eigenvalue weighted by atomic mass is 32.1. The molecule has 2 aromatic carbocycles. The van der Waals surface area contributed by atoms with E-state index in [2.05, 4.69) is 15.0 Å². The molecule has 1 aromatic heterocycles. The zero-order valence-electron chi connectivity index (χ0n) is 12.9. The number of rotatable bonds is 5. The molecular formula is C17H14FN3O2S2. The minimum atomic E-state index is -0.976. The number of fused-ring (bicyclic) bond motifs is 1. The third-order valence-corrected chi connectivity index (χ3v) is 4.57. The molecule has 0 saturated heterocycles. The van der Waals surface area contributed by atoms with Crippen molar-refractivity contribution in [2.75, 3.05) is 5.32 Å². The van der Waals surface area contributed by atoms with Gasteiger partial charge in [-0.05, 0) is 59.6 Å². The Morgan fingerprint density at radius 3 is 2.76 bits per heavy atom. The number of anilines is 1. The molecule has 5 nitrogen and oxygen atoms in total. The van der Waals surface area contributed by atoms with Crippen LogP contribution in [0.3, 0.4) is 0 Å². The van der Waals surface area contributed by atoms with Crippen molar-refractivity contribution in [1.82, 2.24) is 9.69 Å². The summed E-state index contributed by atoms with van der Waals surface area (Å²) in [6, 6.07) is 10.8. The first-order valence-electron chi connectivity index (χ1n) is 7.40. The molecule has 3 N–H and O–H groups in total. The zero-order chi connectivity index (χ0) is 17.8. The van der Waals surface area contributed by atoms with Crippen molar-refractivity contribution in [3.8, 4) is 0 Å². The fourth-order valence-corrected chi connectivity index (χ4v) is 3.28. The van der Waals surface area contributed by atoms with Crippen LogP contribution >= 0.6 is 23.8 Å². The molecule has 0 unspecified atom stereocenters. The molecule has 128 valence electrons. The number of hydrogen-bond acceptors (Lipinski definition) is 4. The first-order valence-corrected chi connectivity index (χ1v) is 8.58. The lowest BCUT2D eigenvalue weighted by molar-refractivity contribution is -0.137. The van der Waals surface area contributed by atoms with Crippen LogP contribution in [0.4, 0.5) is 10.1 Å². The second-order valence-corrected chi connectivity index (χ2v) is 6.62. The van der Waals surface area contributed by atoms with Gasteiger partial charge in [-0.3, -0.25) is 4.79 Å². The van der Waals surface area contributed by atoms with Gasteiger partial charge in [0.2, 0.25) is 0 Å². The first kappa shape index (κ1) is 17.2. The second kappa shape index (κ2) is 7.54. The minimum Gasteiger partial charge on any atom is -0.481 e. The molecule has 0 aliphatic heterocycles. The minimum absolute atomic E-state index is 0.180. The maximum atomic E-state index is 13.1. The summed E-state index contributed by atoms with van der Waals surface area (Å²) >= 11 is 6.70. The summed E-state index contributed by atoms with van der Waals surface area (Å²) in [5, 5.41) is 16.4. The molecule has 0 amide bonds. The Kier molecular flexibility index (Phi) is 5.20. The molecule has 0 radical (unpaired) electrons. The third-order valence-electron chi connectivity index (χ3n) is 3.57. The molecule has 0 aliphatic carbocycles. The van der Waals surface area contributed by atoms with E-state index in [1.165, 1.54) is 23.7 Å². The standard InChI is InChI=1S/C17H14FN3O2S2/c18-12-3-1-10(2-4-12)14(8-16(22)23)21-17(24)20-13-5-6-15-11(7-13)9-19-25-15/h1-7,9,14H,8H2,(H,22,23)(H2,20,21,24)/t14-/m0/s1. The highest BCUT2D eigenvalue weighted by Crippen LogP contribution is 2.22. The van der Waals surface area contributed by atoms with E-state index >= 15 is 0 Å². The molecule has 0 spiro atoms. The smallest absolute Gasteiger partial charge is 0.305 e. The quantitative estimate of drug-likeness (QED) is 0.587. The predicted octanol–water partition coefficient (Wildman–Crippen LogP) is 3.94. The first-order chi connectivity index (χ1) is 12.0. The predicted molar refractivity (Wildman–Crippen MR) is 100 cm³/mol. The van der Waals surface area contributed by atoms with Crippen molar-refractivity contribution < 1.29 is 14.3 Å². The van der Waals surface area contributed by atoms with E-state index < -0.39 is 12.0 Å². The van der Waals surface area contributed by atoms with Gasteiger partial charge in [-0.2, -0.15) is 4.37 Å². The maximum Gasteiger partial charge on any atom is 0.305 e. The van der Waals surface area contributed by atoms with E-state index in [0.29, 0.717) is 5.56 Å². The number of hydrogen-bond donors (Lipinski definition) is 3. The van der Waals surface area contributed by atoms with Gasteiger partial charge in [0.05, 0.1) is 17.2 Å². The molecule has 0 bridgehead atoms. The normalized spacial score (nSPS) is 11.9. The fourth-order valence-electron chi connectivity index (χ4n) is 2.40. The van der Waals surface area contributed by atoms with Crippen molar-refractivity contribution in [1.29, 1.82) is 0 Å². The number of carboxylic acids is 1. The summed E-state index contributed by atoms with van der Waals surface area (Å²) in [5.41, 5.74) is 1.42. The van der Waals surface area contributed by atoms with Gasteiger partial charge in [-0.15, -0.1) is 0 Å². The summed E-state index contributed by atoms with van der Waals surface area (Å²) in [4.78, 5) is 11.1. The van der Waals surface area contributed by atoms with Crippen LogP contribution in [-0.4, -0.2) is 20.6 Å². The Bertz CT molecular complexity index is 912. The summed E-state index contributed by atoms with van der Waals surface area (Å²) in [5.74, 6) is -1.36. The van der Waals surface area contributed by atoms with E-state index in [4.69, 9.17) is 17.3 Å². The van der Waals surface area contributed by atoms with Crippen LogP contribution in [-0.2, 0) is 4.79 Å². The molecule has 25 heavy (non-hydrogen) atoms. The van der Waals surface area contributed by atoms with E-state index in [0.717, 1.165) is 15.8 Å². The molecule has 1 atom stereocenters. The second-order valence-electron chi connectivity index (χ2n) is 5.38. The van der Waals surface area contributed by atoms with E-state index in [-0.39, 0.29) is 17.4 Å². The lowest BCUT2D eigenvalue weighted by Gasteiger charge is -2.20. The molecule has 0 fully saturated rings. The number of halogens is 1. The van der Waals surface area contributed by atoms with Crippen LogP contribution in [0.25, 0.3) is 10.1 Å². The summed E-state index contributed by atoms with van der Waals surface area (Å²) in [6.07, 6.45) is 1.59. The average Bonchev–Trinajstić information content (AvgIpc) is 3.02. The van der Waals surface area contributed by atoms with Crippen LogP contribution in [0, 0.1) is 5.82 Å². The number of nitrogens with zero attached hydrogens (tertiary/aromatic N) is 1. The highest BCUT2D eigenvalue weighted by molar-refractivity contribution is 7.80. The number of carboxylic acid groups (broad SMARTS) is 1. The molecule has 0 aliphatic rings. The largest absolute Gasteiger partial charge is 0.481 e. The number of thiocarbonyl (C=S) groups is 1. The number of nitrogens with one attached hydrogen (secondary N) is 2. The third kappa shape index (κ3) is 4.49. The number of aliphatic carboxylic acids is 1. The average molecular weight is 375 g/mol. The van der Waals surface area contributed by atoms with Crippen molar-refractivity contribution in [2.45, 2.75) is 12.5 Å². The van der Waals surface area contributed by atoms with E-state index in [1.54, 1.807) is 18.3 Å². The number of aromatic nitrogens is 1. The lowest BCUT2D eigenvalue weighted by atomic mass is 10.0. The number of carbonyl (C=O) groups is 1. The molecule has 3 rings (SSSR count). The summed E-state index contributed by atoms with van der Waals surface area (Å²) in [7, 11) is 0. The van der Waals surface area contributed by atoms with Gasteiger partial charge >= 0.3 is 5.97 Å². The highest BCUT2D eigenvalue weighted by Gasteiger charge is 2.17. The van der Waals surface area contributed by atoms with Crippen molar-refractivity contribution in [3.63, 3.8) is 0 Å². The fraction of sp³-hybridized carbons (Fsp3) is 0.118. The van der Waals surface area contributed by atoms with Crippen LogP contribution in [0.1, 0.15) is 18.0 Å². The van der Waals surface area contributed by atoms with Gasteiger partial charge in [-0.1, -0.05) is 12.1 Å². The molecule has 8 heteroatoms. The van der Waals surface area contributed by atoms with Gasteiger partial charge < -0.3 is 15.7 Å². The lowest BCUT2D eigenvalue weighted by Crippen LogP contribution is -2.33. The molecule has 0 saturated carbocycles. The van der Waals surface area contributed by atoms with Gasteiger partial charge in [0.25, 0.3) is 0 Å². The Hall–Kier alpha value is -2.58.